The number of carbonyl (C=O) groups is 1. The van der Waals surface area contributed by atoms with Crippen LogP contribution in [0.25, 0.3) is 11.3 Å². The van der Waals surface area contributed by atoms with Crippen LogP contribution in [-0.2, 0) is 19.7 Å². The maximum Gasteiger partial charge on any atom is 0.335 e. The number of halogens is 2. The highest BCUT2D eigenvalue weighted by Crippen LogP contribution is 2.46. The standard InChI is InChI=1S/C28H22Cl2N2O4/c29-23-2-1-3-24(30)25(23)26-22(27(36-31-26)16-4-5-16)15-35-21-10-8-20(9-11-21)32-13-18-7-6-17(28(33)34)12-19(18)14-32/h1-3,6-12,16H,4-5,13-15H2,(H,33,34). The van der Waals surface area contributed by atoms with Crippen LogP contribution in [0, 0.1) is 0 Å². The van der Waals surface area contributed by atoms with Gasteiger partial charge in [0.2, 0.25) is 0 Å². The minimum atomic E-state index is -0.907. The van der Waals surface area contributed by atoms with Crippen molar-refractivity contribution in [3.05, 3.63) is 98.7 Å². The lowest BCUT2D eigenvalue weighted by Gasteiger charge is -2.18. The Morgan fingerprint density at radius 1 is 1.03 bits per heavy atom. The van der Waals surface area contributed by atoms with Gasteiger partial charge in [0.25, 0.3) is 0 Å². The van der Waals surface area contributed by atoms with Crippen molar-refractivity contribution in [2.75, 3.05) is 4.90 Å². The molecule has 0 unspecified atom stereocenters. The van der Waals surface area contributed by atoms with Crippen molar-refractivity contribution in [1.82, 2.24) is 5.16 Å². The van der Waals surface area contributed by atoms with Gasteiger partial charge in [-0.2, -0.15) is 0 Å². The van der Waals surface area contributed by atoms with E-state index in [2.05, 4.69) is 10.1 Å². The number of fused-ring (bicyclic) bond motifs is 1. The van der Waals surface area contributed by atoms with E-state index in [1.807, 2.05) is 30.3 Å². The first kappa shape index (κ1) is 23.0. The number of benzene rings is 3. The summed E-state index contributed by atoms with van der Waals surface area (Å²) in [5.41, 5.74) is 5.71. The second kappa shape index (κ2) is 9.19. The average molecular weight is 521 g/mol. The monoisotopic (exact) mass is 520 g/mol. The molecule has 0 amide bonds. The van der Waals surface area contributed by atoms with E-state index >= 15 is 0 Å². The van der Waals surface area contributed by atoms with Gasteiger partial charge in [0.05, 0.1) is 21.2 Å². The predicted molar refractivity (Wildman–Crippen MR) is 138 cm³/mol. The topological polar surface area (TPSA) is 75.8 Å². The Hall–Kier alpha value is -3.48. The minimum absolute atomic E-state index is 0.290. The fourth-order valence-electron chi connectivity index (χ4n) is 4.67. The van der Waals surface area contributed by atoms with Gasteiger partial charge in [-0.05, 0) is 72.5 Å². The fraction of sp³-hybridized carbons (Fsp3) is 0.214. The summed E-state index contributed by atoms with van der Waals surface area (Å²) >= 11 is 12.9. The largest absolute Gasteiger partial charge is 0.489 e. The van der Waals surface area contributed by atoms with E-state index in [-0.39, 0.29) is 0 Å². The molecular formula is C28H22Cl2N2O4. The first-order chi connectivity index (χ1) is 17.5. The van der Waals surface area contributed by atoms with Crippen molar-refractivity contribution in [2.45, 2.75) is 38.5 Å². The Balaban J connectivity index is 1.19. The second-order valence-corrected chi connectivity index (χ2v) is 9.99. The third-order valence-corrected chi connectivity index (χ3v) is 7.36. The highest BCUT2D eigenvalue weighted by molar-refractivity contribution is 6.39. The van der Waals surface area contributed by atoms with E-state index in [9.17, 15) is 9.90 Å². The van der Waals surface area contributed by atoms with Crippen LogP contribution in [0.1, 0.15) is 51.6 Å². The van der Waals surface area contributed by atoms with E-state index in [0.717, 1.165) is 53.3 Å². The molecule has 2 aliphatic rings. The maximum absolute atomic E-state index is 11.3. The van der Waals surface area contributed by atoms with Gasteiger partial charge >= 0.3 is 5.97 Å². The van der Waals surface area contributed by atoms with Crippen LogP contribution in [0.4, 0.5) is 5.69 Å². The number of hydrogen-bond acceptors (Lipinski definition) is 5. The number of aromatic nitrogens is 1. The quantitative estimate of drug-likeness (QED) is 0.275. The number of hydrogen-bond donors (Lipinski definition) is 1. The van der Waals surface area contributed by atoms with Crippen LogP contribution < -0.4 is 9.64 Å². The minimum Gasteiger partial charge on any atom is -0.489 e. The normalized spacial score (nSPS) is 14.7. The van der Waals surface area contributed by atoms with Crippen LogP contribution in [0.15, 0.2) is 65.2 Å². The first-order valence-electron chi connectivity index (χ1n) is 11.7. The summed E-state index contributed by atoms with van der Waals surface area (Å²) < 4.78 is 11.9. The molecule has 8 heteroatoms. The lowest BCUT2D eigenvalue weighted by Crippen LogP contribution is -2.14. The molecule has 182 valence electrons. The number of carboxylic acids is 1. The van der Waals surface area contributed by atoms with Gasteiger partial charge in [-0.1, -0.05) is 40.5 Å². The van der Waals surface area contributed by atoms with Gasteiger partial charge in [0, 0.05) is 30.3 Å². The summed E-state index contributed by atoms with van der Waals surface area (Å²) in [5, 5.41) is 14.6. The van der Waals surface area contributed by atoms with Crippen molar-refractivity contribution in [2.24, 2.45) is 0 Å². The lowest BCUT2D eigenvalue weighted by atomic mass is 10.0. The van der Waals surface area contributed by atoms with Gasteiger partial charge in [-0.25, -0.2) is 4.79 Å². The third kappa shape index (κ3) is 4.31. The summed E-state index contributed by atoms with van der Waals surface area (Å²) in [6.07, 6.45) is 2.14. The fourth-order valence-corrected chi connectivity index (χ4v) is 5.24. The number of rotatable bonds is 7. The summed E-state index contributed by atoms with van der Waals surface area (Å²) in [6.45, 7) is 1.70. The molecular weight excluding hydrogens is 499 g/mol. The number of ether oxygens (including phenoxy) is 1. The van der Waals surface area contributed by atoms with Crippen molar-refractivity contribution >= 4 is 34.9 Å². The van der Waals surface area contributed by atoms with Gasteiger partial charge in [0.15, 0.2) is 0 Å². The molecule has 0 radical (unpaired) electrons. The van der Waals surface area contributed by atoms with Crippen LogP contribution >= 0.6 is 23.2 Å². The molecule has 1 N–H and O–H groups in total. The molecule has 1 saturated carbocycles. The lowest BCUT2D eigenvalue weighted by molar-refractivity contribution is 0.0696. The van der Waals surface area contributed by atoms with Gasteiger partial charge < -0.3 is 19.3 Å². The molecule has 1 aliphatic heterocycles. The molecule has 1 fully saturated rings. The molecule has 2 heterocycles. The number of anilines is 1. The molecule has 0 atom stereocenters. The van der Waals surface area contributed by atoms with Crippen LogP contribution in [0.2, 0.25) is 10.0 Å². The Labute approximate surface area is 218 Å². The van der Waals surface area contributed by atoms with E-state index < -0.39 is 5.97 Å². The predicted octanol–water partition coefficient (Wildman–Crippen LogP) is 7.32. The molecule has 0 saturated heterocycles. The average Bonchev–Trinajstić information content (AvgIpc) is 3.49. The Kier molecular flexibility index (Phi) is 5.86. The Morgan fingerprint density at radius 3 is 2.44 bits per heavy atom. The van der Waals surface area contributed by atoms with Crippen molar-refractivity contribution < 1.29 is 19.2 Å². The third-order valence-electron chi connectivity index (χ3n) is 6.73. The van der Waals surface area contributed by atoms with E-state index in [0.29, 0.717) is 45.9 Å². The van der Waals surface area contributed by atoms with E-state index in [1.165, 1.54) is 0 Å². The molecule has 0 bridgehead atoms. The molecule has 6 nitrogen and oxygen atoms in total. The Morgan fingerprint density at radius 2 is 1.75 bits per heavy atom. The van der Waals surface area contributed by atoms with E-state index in [1.54, 1.807) is 30.3 Å². The highest BCUT2D eigenvalue weighted by Gasteiger charge is 2.33. The number of nitrogens with zero attached hydrogens (tertiary/aromatic N) is 2. The zero-order valence-electron chi connectivity index (χ0n) is 19.2. The summed E-state index contributed by atoms with van der Waals surface area (Å²) in [5.74, 6) is 1.01. The summed E-state index contributed by atoms with van der Waals surface area (Å²) in [4.78, 5) is 13.5. The van der Waals surface area contributed by atoms with Crippen LogP contribution in [0.3, 0.4) is 0 Å². The summed E-state index contributed by atoms with van der Waals surface area (Å²) in [6, 6.07) is 18.6. The van der Waals surface area contributed by atoms with Crippen LogP contribution in [-0.4, -0.2) is 16.2 Å². The van der Waals surface area contributed by atoms with Crippen molar-refractivity contribution in [3.8, 4) is 17.0 Å². The van der Waals surface area contributed by atoms with Gasteiger partial charge in [-0.3, -0.25) is 0 Å². The number of aromatic carboxylic acids is 1. The molecule has 0 spiro atoms. The molecule has 6 rings (SSSR count). The summed E-state index contributed by atoms with van der Waals surface area (Å²) in [7, 11) is 0. The van der Waals surface area contributed by atoms with Crippen LogP contribution in [0.5, 0.6) is 5.75 Å². The van der Waals surface area contributed by atoms with Crippen molar-refractivity contribution in [3.63, 3.8) is 0 Å². The van der Waals surface area contributed by atoms with Gasteiger partial charge in [0.1, 0.15) is 23.8 Å². The van der Waals surface area contributed by atoms with E-state index in [4.69, 9.17) is 32.5 Å². The molecule has 3 aromatic carbocycles. The zero-order valence-corrected chi connectivity index (χ0v) is 20.7. The Bertz CT molecular complexity index is 1440. The SMILES string of the molecule is O=C(O)c1ccc2c(c1)CN(c1ccc(OCc3c(-c4c(Cl)cccc4Cl)noc3C3CC3)cc1)C2. The smallest absolute Gasteiger partial charge is 0.335 e. The highest BCUT2D eigenvalue weighted by atomic mass is 35.5. The maximum atomic E-state index is 11.3. The zero-order chi connectivity index (χ0) is 24.8. The van der Waals surface area contributed by atoms with Gasteiger partial charge in [-0.15, -0.1) is 0 Å². The molecule has 36 heavy (non-hydrogen) atoms. The molecule has 4 aromatic rings. The van der Waals surface area contributed by atoms with Crippen molar-refractivity contribution in [1.29, 1.82) is 0 Å². The second-order valence-electron chi connectivity index (χ2n) is 9.17. The first-order valence-corrected chi connectivity index (χ1v) is 12.5. The molecule has 1 aliphatic carbocycles. The molecule has 1 aromatic heterocycles. The number of carboxylic acid groups (broad SMARTS) is 1.